The van der Waals surface area contributed by atoms with Gasteiger partial charge in [0, 0.05) is 77.4 Å². The summed E-state index contributed by atoms with van der Waals surface area (Å²) in [5.41, 5.74) is 1.52. The van der Waals surface area contributed by atoms with E-state index < -0.39 is 17.7 Å². The number of hydroxylamine groups is 6. The Morgan fingerprint density at radius 2 is 1.15 bits per heavy atom. The summed E-state index contributed by atoms with van der Waals surface area (Å²) in [6.45, 7) is 2.94. The molecule has 0 spiro atoms. The van der Waals surface area contributed by atoms with E-state index in [1.807, 2.05) is 12.1 Å². The van der Waals surface area contributed by atoms with Crippen molar-refractivity contribution < 1.29 is 39.6 Å². The Bertz CT molecular complexity index is 1310. The van der Waals surface area contributed by atoms with Gasteiger partial charge in [-0.25, -0.2) is 15.2 Å². The number of thiocarbonyl (C=S) groups is 2. The second kappa shape index (κ2) is 28.7. The standard InChI is InChI=1S/C35H55N7O8S2/c1-28(43)40(48)24-10-4-2-7-13-31(44)18-20-33(46)41(49)25-11-5-3-8-22-36-32(45)19-21-34(47)42(50)26-12-6-9-23-37-35(52)39-30-16-14-29(15-17-30)38-27-51/h14-17,48-50H,2-13,18-26H2,1H3,(H,36,45)(H2,37,39,52). The van der Waals surface area contributed by atoms with Crippen LogP contribution in [0.5, 0.6) is 0 Å². The molecule has 0 aliphatic rings. The Kier molecular flexibility index (Phi) is 25.5. The van der Waals surface area contributed by atoms with E-state index in [4.69, 9.17) is 12.2 Å². The molecule has 1 rings (SSSR count). The van der Waals surface area contributed by atoms with Crippen molar-refractivity contribution in [1.29, 1.82) is 0 Å². The van der Waals surface area contributed by atoms with Crippen LogP contribution in [-0.2, 0) is 24.0 Å². The lowest BCUT2D eigenvalue weighted by Crippen LogP contribution is -2.31. The van der Waals surface area contributed by atoms with Gasteiger partial charge in [0.25, 0.3) is 0 Å². The molecule has 6 N–H and O–H groups in total. The van der Waals surface area contributed by atoms with Gasteiger partial charge in [-0.3, -0.25) is 39.6 Å². The Labute approximate surface area is 317 Å². The highest BCUT2D eigenvalue weighted by Gasteiger charge is 2.14. The summed E-state index contributed by atoms with van der Waals surface area (Å²) < 4.78 is 0. The van der Waals surface area contributed by atoms with Crippen molar-refractivity contribution in [2.24, 2.45) is 4.99 Å². The Morgan fingerprint density at radius 1 is 0.654 bits per heavy atom. The van der Waals surface area contributed by atoms with E-state index in [9.17, 15) is 39.6 Å². The average Bonchev–Trinajstić information content (AvgIpc) is 3.12. The predicted molar refractivity (Wildman–Crippen MR) is 203 cm³/mol. The van der Waals surface area contributed by atoms with Crippen LogP contribution in [0, 0.1) is 0 Å². The molecule has 0 bridgehead atoms. The normalized spacial score (nSPS) is 10.5. The maximum Gasteiger partial charge on any atom is 0.246 e. The summed E-state index contributed by atoms with van der Waals surface area (Å²) in [6.07, 6.45) is 8.04. The summed E-state index contributed by atoms with van der Waals surface area (Å²) in [4.78, 5) is 63.3. The number of hydrogen-bond donors (Lipinski definition) is 6. The van der Waals surface area contributed by atoms with Gasteiger partial charge in [-0.15, -0.1) is 0 Å². The fourth-order valence-corrected chi connectivity index (χ4v) is 5.19. The summed E-state index contributed by atoms with van der Waals surface area (Å²) in [7, 11) is 0. The molecule has 0 atom stereocenters. The number of carbonyl (C=O) groups is 5. The third-order valence-electron chi connectivity index (χ3n) is 7.95. The second-order valence-electron chi connectivity index (χ2n) is 12.3. The number of aliphatic imine (C=N–C) groups is 1. The zero-order chi connectivity index (χ0) is 38.6. The van der Waals surface area contributed by atoms with Gasteiger partial charge in [0.05, 0.1) is 10.8 Å². The van der Waals surface area contributed by atoms with Crippen LogP contribution >= 0.6 is 24.4 Å². The zero-order valence-electron chi connectivity index (χ0n) is 30.1. The third kappa shape index (κ3) is 23.6. The number of ketones is 1. The first-order valence-electron chi connectivity index (χ1n) is 17.9. The average molecular weight is 766 g/mol. The number of isothiocyanates is 1. The molecule has 15 nitrogen and oxygen atoms in total. The minimum Gasteiger partial charge on any atom is -0.362 e. The van der Waals surface area contributed by atoms with Gasteiger partial charge in [-0.1, -0.05) is 25.7 Å². The number of Topliss-reactive ketones (excluding diaryl/α,β-unsaturated/α-hetero) is 1. The molecule has 0 aromatic heterocycles. The van der Waals surface area contributed by atoms with Crippen molar-refractivity contribution in [3.05, 3.63) is 24.3 Å². The van der Waals surface area contributed by atoms with Gasteiger partial charge in [0.15, 0.2) is 5.11 Å². The van der Waals surface area contributed by atoms with Crippen LogP contribution in [0.3, 0.4) is 0 Å². The second-order valence-corrected chi connectivity index (χ2v) is 12.9. The van der Waals surface area contributed by atoms with E-state index >= 15 is 0 Å². The molecule has 1 aromatic rings. The van der Waals surface area contributed by atoms with Gasteiger partial charge in [0.2, 0.25) is 23.6 Å². The molecule has 0 unspecified atom stereocenters. The highest BCUT2D eigenvalue weighted by Crippen LogP contribution is 2.15. The number of amides is 4. The third-order valence-corrected chi connectivity index (χ3v) is 8.29. The lowest BCUT2D eigenvalue weighted by Gasteiger charge is -2.15. The van der Waals surface area contributed by atoms with Crippen LogP contribution in [0.2, 0.25) is 0 Å². The topological polar surface area (TPSA) is 204 Å². The van der Waals surface area contributed by atoms with E-state index in [1.54, 1.807) is 12.1 Å². The number of anilines is 1. The van der Waals surface area contributed by atoms with Crippen molar-refractivity contribution >= 4 is 75.5 Å². The minimum atomic E-state index is -0.511. The van der Waals surface area contributed by atoms with Crippen LogP contribution in [0.15, 0.2) is 29.3 Å². The number of unbranched alkanes of at least 4 members (excludes halogenated alkanes) is 8. The summed E-state index contributed by atoms with van der Waals surface area (Å²) in [5.74, 6) is -1.73. The molecule has 0 radical (unpaired) electrons. The van der Waals surface area contributed by atoms with Crippen LogP contribution < -0.4 is 16.0 Å². The highest BCUT2D eigenvalue weighted by molar-refractivity contribution is 7.80. The van der Waals surface area contributed by atoms with Gasteiger partial charge in [-0.05, 0) is 93.6 Å². The van der Waals surface area contributed by atoms with E-state index in [-0.39, 0.29) is 57.0 Å². The minimum absolute atomic E-state index is 0.0254. The van der Waals surface area contributed by atoms with Crippen LogP contribution in [-0.4, -0.2) is 103 Å². The van der Waals surface area contributed by atoms with Gasteiger partial charge in [0.1, 0.15) is 5.78 Å². The highest BCUT2D eigenvalue weighted by atomic mass is 32.1. The molecule has 0 saturated heterocycles. The summed E-state index contributed by atoms with van der Waals surface area (Å²) in [5, 5.41) is 43.0. The quantitative estimate of drug-likeness (QED) is 0.0211. The SMILES string of the molecule is CC(=O)N(O)CCCCCCC(=O)CCC(=O)N(O)CCCCCCNC(=O)CCC(=O)N(O)CCCCCNC(=S)Nc1ccc(N=C=S)cc1. The summed E-state index contributed by atoms with van der Waals surface area (Å²) >= 11 is 9.88. The molecule has 1 aromatic carbocycles. The van der Waals surface area contributed by atoms with Crippen LogP contribution in [0.4, 0.5) is 11.4 Å². The van der Waals surface area contributed by atoms with E-state index in [0.29, 0.717) is 77.6 Å². The Balaban J connectivity index is 2.00. The molecule has 0 aliphatic carbocycles. The maximum atomic E-state index is 12.2. The predicted octanol–water partition coefficient (Wildman–Crippen LogP) is 5.31. The number of nitrogens with zero attached hydrogens (tertiary/aromatic N) is 4. The lowest BCUT2D eigenvalue weighted by atomic mass is 10.1. The number of hydrogen-bond acceptors (Lipinski definition) is 11. The van der Waals surface area contributed by atoms with Crippen molar-refractivity contribution in [3.8, 4) is 0 Å². The molecule has 0 fully saturated rings. The Morgan fingerprint density at radius 3 is 1.73 bits per heavy atom. The van der Waals surface area contributed by atoms with E-state index in [1.165, 1.54) is 6.92 Å². The smallest absolute Gasteiger partial charge is 0.246 e. The van der Waals surface area contributed by atoms with Gasteiger partial charge >= 0.3 is 0 Å². The van der Waals surface area contributed by atoms with E-state index in [0.717, 1.165) is 44.2 Å². The van der Waals surface area contributed by atoms with E-state index in [2.05, 4.69) is 38.3 Å². The largest absolute Gasteiger partial charge is 0.362 e. The lowest BCUT2D eigenvalue weighted by molar-refractivity contribution is -0.166. The van der Waals surface area contributed by atoms with Crippen molar-refractivity contribution in [2.75, 3.05) is 38.0 Å². The Hall–Kier alpha value is -3.86. The number of nitrogens with one attached hydrogen (secondary N) is 3. The monoisotopic (exact) mass is 765 g/mol. The van der Waals surface area contributed by atoms with Crippen molar-refractivity contribution in [1.82, 2.24) is 25.8 Å². The molecule has 17 heteroatoms. The molecular formula is C35H55N7O8S2. The van der Waals surface area contributed by atoms with Crippen molar-refractivity contribution in [3.63, 3.8) is 0 Å². The zero-order valence-corrected chi connectivity index (χ0v) is 31.8. The van der Waals surface area contributed by atoms with Crippen LogP contribution in [0.1, 0.15) is 110 Å². The number of rotatable bonds is 28. The molecule has 290 valence electrons. The first kappa shape index (κ1) is 46.2. The first-order chi connectivity index (χ1) is 24.9. The van der Waals surface area contributed by atoms with Gasteiger partial charge < -0.3 is 16.0 Å². The maximum absolute atomic E-state index is 12.2. The fraction of sp³-hybridized carbons (Fsp3) is 0.629. The van der Waals surface area contributed by atoms with Crippen LogP contribution in [0.25, 0.3) is 0 Å². The molecule has 4 amide bonds. The molecule has 0 aliphatic heterocycles. The van der Waals surface area contributed by atoms with Crippen molar-refractivity contribution in [2.45, 2.75) is 110 Å². The molecule has 0 saturated carbocycles. The molecule has 52 heavy (non-hydrogen) atoms. The first-order valence-corrected chi connectivity index (χ1v) is 18.7. The molecular weight excluding hydrogens is 711 g/mol. The fourth-order valence-electron chi connectivity index (χ4n) is 4.86. The number of benzene rings is 1. The summed E-state index contributed by atoms with van der Waals surface area (Å²) in [6, 6.07) is 7.24. The van der Waals surface area contributed by atoms with Gasteiger partial charge in [-0.2, -0.15) is 4.99 Å². The molecule has 0 heterocycles. The number of carbonyl (C=O) groups excluding carboxylic acids is 5.